The maximum Gasteiger partial charge on any atom is 0.140 e. The van der Waals surface area contributed by atoms with Crippen molar-refractivity contribution in [3.05, 3.63) is 0 Å². The quantitative estimate of drug-likeness (QED) is 0.404. The van der Waals surface area contributed by atoms with Gasteiger partial charge in [0.2, 0.25) is 0 Å². The average molecular weight is 335 g/mol. The second kappa shape index (κ2) is 9.73. The topological polar surface area (TPSA) is 34.1 Å². The largest absolute Gasteiger partial charge is 0.299 e. The fourth-order valence-electron chi connectivity index (χ4n) is 5.53. The molecule has 0 amide bonds. The molecule has 0 spiro atoms. The molecule has 138 valence electrons. The summed E-state index contributed by atoms with van der Waals surface area (Å²) < 4.78 is 0. The van der Waals surface area contributed by atoms with Crippen molar-refractivity contribution in [1.82, 2.24) is 0 Å². The van der Waals surface area contributed by atoms with Crippen LogP contribution in [0.4, 0.5) is 0 Å². The van der Waals surface area contributed by atoms with Crippen molar-refractivity contribution in [3.63, 3.8) is 0 Å². The van der Waals surface area contributed by atoms with E-state index in [0.29, 0.717) is 5.92 Å². The van der Waals surface area contributed by atoms with Crippen molar-refractivity contribution in [3.8, 4) is 0 Å². The number of hydrogen-bond acceptors (Lipinski definition) is 2. The van der Waals surface area contributed by atoms with Crippen LogP contribution >= 0.6 is 0 Å². The van der Waals surface area contributed by atoms with Crippen LogP contribution in [-0.2, 0) is 9.59 Å². The zero-order valence-electron chi connectivity index (χ0n) is 16.2. The van der Waals surface area contributed by atoms with Crippen molar-refractivity contribution < 1.29 is 9.59 Å². The normalized spacial score (nSPS) is 31.2. The highest BCUT2D eigenvalue weighted by atomic mass is 16.1. The highest BCUT2D eigenvalue weighted by Crippen LogP contribution is 2.43. The van der Waals surface area contributed by atoms with Crippen LogP contribution < -0.4 is 0 Å². The summed E-state index contributed by atoms with van der Waals surface area (Å²) in [6.45, 7) is 5.48. The molecule has 2 heteroatoms. The third-order valence-electron chi connectivity index (χ3n) is 6.94. The van der Waals surface area contributed by atoms with Gasteiger partial charge in [-0.1, -0.05) is 45.4 Å². The first-order valence-corrected chi connectivity index (χ1v) is 10.5. The molecule has 0 heterocycles. The lowest BCUT2D eigenvalue weighted by molar-refractivity contribution is -0.133. The smallest absolute Gasteiger partial charge is 0.140 e. The van der Waals surface area contributed by atoms with E-state index in [1.807, 2.05) is 0 Å². The molecule has 0 bridgehead atoms. The molecule has 0 unspecified atom stereocenters. The zero-order valence-corrected chi connectivity index (χ0v) is 16.2. The molecule has 0 radical (unpaired) electrons. The Hall–Kier alpha value is -0.660. The van der Waals surface area contributed by atoms with Crippen LogP contribution in [0, 0.1) is 29.6 Å². The van der Waals surface area contributed by atoms with E-state index in [1.54, 1.807) is 13.8 Å². The summed E-state index contributed by atoms with van der Waals surface area (Å²) in [5.74, 6) is 2.93. The Bertz CT molecular complexity index is 384. The van der Waals surface area contributed by atoms with Gasteiger partial charge in [-0.25, -0.2) is 0 Å². The SMILES string of the molecule is CCCCCC1CCC(C2CCC(C(C(C)=O)C(C)=O)CC2)CC1. The van der Waals surface area contributed by atoms with E-state index in [-0.39, 0.29) is 17.5 Å². The predicted molar refractivity (Wildman–Crippen MR) is 99.9 cm³/mol. The molecule has 0 N–H and O–H groups in total. The second-order valence-corrected chi connectivity index (χ2v) is 8.65. The molecule has 0 aromatic carbocycles. The van der Waals surface area contributed by atoms with Crippen molar-refractivity contribution in [2.24, 2.45) is 29.6 Å². The van der Waals surface area contributed by atoms with E-state index in [1.165, 1.54) is 64.2 Å². The van der Waals surface area contributed by atoms with Gasteiger partial charge in [-0.05, 0) is 76.0 Å². The van der Waals surface area contributed by atoms with Gasteiger partial charge in [0.1, 0.15) is 11.6 Å². The summed E-state index contributed by atoms with van der Waals surface area (Å²) in [5.41, 5.74) is 0. The van der Waals surface area contributed by atoms with E-state index < -0.39 is 0 Å². The van der Waals surface area contributed by atoms with Crippen molar-refractivity contribution >= 4 is 11.6 Å². The van der Waals surface area contributed by atoms with Gasteiger partial charge in [-0.15, -0.1) is 0 Å². The van der Waals surface area contributed by atoms with Crippen LogP contribution in [-0.4, -0.2) is 11.6 Å². The first kappa shape index (κ1) is 19.7. The van der Waals surface area contributed by atoms with Crippen LogP contribution in [0.25, 0.3) is 0 Å². The second-order valence-electron chi connectivity index (χ2n) is 8.65. The average Bonchev–Trinajstić information content (AvgIpc) is 2.56. The summed E-state index contributed by atoms with van der Waals surface area (Å²) in [5, 5.41) is 0. The van der Waals surface area contributed by atoms with E-state index in [2.05, 4.69) is 6.92 Å². The fourth-order valence-corrected chi connectivity index (χ4v) is 5.53. The van der Waals surface area contributed by atoms with Crippen molar-refractivity contribution in [2.45, 2.75) is 97.8 Å². The van der Waals surface area contributed by atoms with Crippen molar-refractivity contribution in [2.75, 3.05) is 0 Å². The maximum absolute atomic E-state index is 11.8. The minimum absolute atomic E-state index is 0.0820. The molecule has 0 aromatic heterocycles. The molecule has 0 saturated heterocycles. The third-order valence-corrected chi connectivity index (χ3v) is 6.94. The van der Waals surface area contributed by atoms with Crippen LogP contribution in [0.15, 0.2) is 0 Å². The molecule has 2 rings (SSSR count). The molecule has 24 heavy (non-hydrogen) atoms. The number of hydrogen-bond donors (Lipinski definition) is 0. The lowest BCUT2D eigenvalue weighted by Gasteiger charge is -2.39. The molecular formula is C22H38O2. The first-order valence-electron chi connectivity index (χ1n) is 10.5. The monoisotopic (exact) mass is 334 g/mol. The lowest BCUT2D eigenvalue weighted by atomic mass is 9.66. The van der Waals surface area contributed by atoms with Gasteiger partial charge in [-0.2, -0.15) is 0 Å². The number of rotatable bonds is 8. The van der Waals surface area contributed by atoms with Crippen LogP contribution in [0.2, 0.25) is 0 Å². The number of carbonyl (C=O) groups excluding carboxylic acids is 2. The Balaban J connectivity index is 1.73. The molecule has 0 aromatic rings. The fraction of sp³-hybridized carbons (Fsp3) is 0.909. The van der Waals surface area contributed by atoms with Crippen LogP contribution in [0.3, 0.4) is 0 Å². The molecule has 2 fully saturated rings. The highest BCUT2D eigenvalue weighted by molar-refractivity contribution is 6.00. The van der Waals surface area contributed by atoms with E-state index in [9.17, 15) is 9.59 Å². The molecule has 2 saturated carbocycles. The standard InChI is InChI=1S/C22H38O2/c1-4-5-6-7-18-8-10-19(11-9-18)20-12-14-21(15-13-20)22(16(2)23)17(3)24/h18-22H,4-15H2,1-3H3. The van der Waals surface area contributed by atoms with Gasteiger partial charge in [0, 0.05) is 0 Å². The van der Waals surface area contributed by atoms with Crippen LogP contribution in [0.1, 0.15) is 97.8 Å². The zero-order chi connectivity index (χ0) is 17.5. The van der Waals surface area contributed by atoms with Gasteiger partial charge in [-0.3, -0.25) is 9.59 Å². The Labute approximate surface area is 149 Å². The number of carbonyl (C=O) groups is 2. The molecule has 0 atom stereocenters. The molecule has 2 nitrogen and oxygen atoms in total. The molecular weight excluding hydrogens is 296 g/mol. The molecule has 2 aliphatic rings. The summed E-state index contributed by atoms with van der Waals surface area (Å²) in [7, 11) is 0. The van der Waals surface area contributed by atoms with Gasteiger partial charge in [0.05, 0.1) is 5.92 Å². The minimum Gasteiger partial charge on any atom is -0.299 e. The van der Waals surface area contributed by atoms with E-state index in [0.717, 1.165) is 30.6 Å². The Morgan fingerprint density at radius 3 is 1.75 bits per heavy atom. The molecule has 0 aliphatic heterocycles. The Morgan fingerprint density at radius 2 is 1.29 bits per heavy atom. The lowest BCUT2D eigenvalue weighted by Crippen LogP contribution is -2.33. The highest BCUT2D eigenvalue weighted by Gasteiger charge is 2.36. The van der Waals surface area contributed by atoms with Gasteiger partial charge in [0.25, 0.3) is 0 Å². The number of unbranched alkanes of at least 4 members (excludes halogenated alkanes) is 2. The number of Topliss-reactive ketones (excluding diaryl/α,β-unsaturated/α-hetero) is 2. The van der Waals surface area contributed by atoms with Gasteiger partial charge < -0.3 is 0 Å². The maximum atomic E-state index is 11.8. The predicted octanol–water partition coefficient (Wildman–Crippen LogP) is 5.97. The minimum atomic E-state index is -0.319. The van der Waals surface area contributed by atoms with Gasteiger partial charge >= 0.3 is 0 Å². The van der Waals surface area contributed by atoms with Crippen LogP contribution in [0.5, 0.6) is 0 Å². The number of ketones is 2. The summed E-state index contributed by atoms with van der Waals surface area (Å²) in [6.07, 6.45) is 16.0. The Morgan fingerprint density at radius 1 is 0.792 bits per heavy atom. The van der Waals surface area contributed by atoms with E-state index in [4.69, 9.17) is 0 Å². The third kappa shape index (κ3) is 5.43. The Kier molecular flexibility index (Phi) is 7.97. The summed E-state index contributed by atoms with van der Waals surface area (Å²) in [4.78, 5) is 23.6. The summed E-state index contributed by atoms with van der Waals surface area (Å²) in [6, 6.07) is 0. The first-order chi connectivity index (χ1) is 11.5. The molecule has 2 aliphatic carbocycles. The van der Waals surface area contributed by atoms with Gasteiger partial charge in [0.15, 0.2) is 0 Å². The van der Waals surface area contributed by atoms with Crippen molar-refractivity contribution in [1.29, 1.82) is 0 Å². The summed E-state index contributed by atoms with van der Waals surface area (Å²) >= 11 is 0. The van der Waals surface area contributed by atoms with E-state index >= 15 is 0 Å².